The predicted molar refractivity (Wildman–Crippen MR) is 57.8 cm³/mol. The lowest BCUT2D eigenvalue weighted by Gasteiger charge is -2.09. The summed E-state index contributed by atoms with van der Waals surface area (Å²) >= 11 is 1.76. The van der Waals surface area contributed by atoms with Gasteiger partial charge in [0, 0.05) is 15.7 Å². The van der Waals surface area contributed by atoms with Gasteiger partial charge < -0.3 is 10.2 Å². The maximum Gasteiger partial charge on any atom is 0.119 e. The van der Waals surface area contributed by atoms with E-state index in [1.165, 1.54) is 0 Å². The highest BCUT2D eigenvalue weighted by Crippen LogP contribution is 2.42. The van der Waals surface area contributed by atoms with Crippen molar-refractivity contribution < 1.29 is 10.2 Å². The Morgan fingerprint density at radius 1 is 1.57 bits per heavy atom. The Morgan fingerprint density at radius 2 is 2.36 bits per heavy atom. The molecule has 1 aromatic rings. The lowest BCUT2D eigenvalue weighted by molar-refractivity contribution is 0.184. The van der Waals surface area contributed by atoms with Gasteiger partial charge in [0.15, 0.2) is 0 Å². The molecule has 0 aromatic heterocycles. The number of hydrogen-bond donors (Lipinski definition) is 2. The molecule has 2 atom stereocenters. The lowest BCUT2D eigenvalue weighted by atomic mass is 10.1. The van der Waals surface area contributed by atoms with E-state index < -0.39 is 0 Å². The molecular weight excluding hydrogens is 196 g/mol. The number of hydrogen-bond acceptors (Lipinski definition) is 3. The molecule has 2 rings (SSSR count). The standard InChI is InChI=1S/C11H14O2S/c1-7(12)5-8-6-9-10(13)3-2-4-11(9)14-8/h2-4,7-8,12-13H,5-6H2,1H3. The summed E-state index contributed by atoms with van der Waals surface area (Å²) in [6, 6.07) is 5.62. The van der Waals surface area contributed by atoms with Gasteiger partial charge >= 0.3 is 0 Å². The third kappa shape index (κ3) is 1.88. The van der Waals surface area contributed by atoms with Crippen LogP contribution in [0.5, 0.6) is 5.75 Å². The van der Waals surface area contributed by atoms with Crippen LogP contribution in [-0.2, 0) is 6.42 Å². The second kappa shape index (κ2) is 3.83. The zero-order valence-electron chi connectivity index (χ0n) is 8.10. The van der Waals surface area contributed by atoms with Crippen LogP contribution in [0.3, 0.4) is 0 Å². The van der Waals surface area contributed by atoms with Gasteiger partial charge in [0.2, 0.25) is 0 Å². The lowest BCUT2D eigenvalue weighted by Crippen LogP contribution is -2.10. The summed E-state index contributed by atoms with van der Waals surface area (Å²) in [5, 5.41) is 19.3. The first-order chi connectivity index (χ1) is 6.66. The average molecular weight is 210 g/mol. The van der Waals surface area contributed by atoms with Crippen LogP contribution in [0.4, 0.5) is 0 Å². The fourth-order valence-corrected chi connectivity index (χ4v) is 3.30. The quantitative estimate of drug-likeness (QED) is 0.786. The van der Waals surface area contributed by atoms with Gasteiger partial charge in [-0.15, -0.1) is 11.8 Å². The van der Waals surface area contributed by atoms with E-state index in [2.05, 4.69) is 0 Å². The summed E-state index contributed by atoms with van der Waals surface area (Å²) in [6.07, 6.45) is 1.40. The predicted octanol–water partition coefficient (Wildman–Crippen LogP) is 2.18. The van der Waals surface area contributed by atoms with Gasteiger partial charge in [0.1, 0.15) is 5.75 Å². The van der Waals surface area contributed by atoms with Crippen molar-refractivity contribution in [2.45, 2.75) is 36.0 Å². The van der Waals surface area contributed by atoms with Crippen molar-refractivity contribution in [1.29, 1.82) is 0 Å². The van der Waals surface area contributed by atoms with E-state index in [4.69, 9.17) is 0 Å². The van der Waals surface area contributed by atoms with E-state index in [-0.39, 0.29) is 6.10 Å². The average Bonchev–Trinajstić information content (AvgIpc) is 2.47. The molecular formula is C11H14O2S. The van der Waals surface area contributed by atoms with Gasteiger partial charge in [-0.2, -0.15) is 0 Å². The van der Waals surface area contributed by atoms with Crippen molar-refractivity contribution >= 4 is 11.8 Å². The van der Waals surface area contributed by atoms with Crippen LogP contribution < -0.4 is 0 Å². The van der Waals surface area contributed by atoms with Gasteiger partial charge in [0.25, 0.3) is 0 Å². The molecule has 1 aliphatic heterocycles. The Bertz CT molecular complexity index is 336. The maximum absolute atomic E-state index is 9.61. The first-order valence-corrected chi connectivity index (χ1v) is 5.70. The Hall–Kier alpha value is -0.670. The van der Waals surface area contributed by atoms with Crippen molar-refractivity contribution in [2.24, 2.45) is 0 Å². The van der Waals surface area contributed by atoms with Crippen molar-refractivity contribution in [2.75, 3.05) is 0 Å². The largest absolute Gasteiger partial charge is 0.508 e. The van der Waals surface area contributed by atoms with Crippen LogP contribution in [-0.4, -0.2) is 21.6 Å². The Labute approximate surface area is 88.0 Å². The molecule has 2 nitrogen and oxygen atoms in total. The molecule has 1 heterocycles. The van der Waals surface area contributed by atoms with E-state index in [1.54, 1.807) is 17.8 Å². The number of benzene rings is 1. The fraction of sp³-hybridized carbons (Fsp3) is 0.455. The number of phenols is 1. The smallest absolute Gasteiger partial charge is 0.119 e. The van der Waals surface area contributed by atoms with Gasteiger partial charge in [0.05, 0.1) is 6.10 Å². The highest BCUT2D eigenvalue weighted by atomic mass is 32.2. The van der Waals surface area contributed by atoms with Crippen LogP contribution in [0, 0.1) is 0 Å². The number of rotatable bonds is 2. The minimum absolute atomic E-state index is 0.260. The van der Waals surface area contributed by atoms with Crippen LogP contribution in [0.25, 0.3) is 0 Å². The summed E-state index contributed by atoms with van der Waals surface area (Å²) in [4.78, 5) is 1.16. The second-order valence-corrected chi connectivity index (χ2v) is 5.12. The normalized spacial score (nSPS) is 22.0. The summed E-state index contributed by atoms with van der Waals surface area (Å²) in [5.74, 6) is 0.392. The minimum Gasteiger partial charge on any atom is -0.508 e. The number of thioether (sulfide) groups is 1. The van der Waals surface area contributed by atoms with Crippen molar-refractivity contribution in [3.8, 4) is 5.75 Å². The highest BCUT2D eigenvalue weighted by molar-refractivity contribution is 8.00. The van der Waals surface area contributed by atoms with Crippen LogP contribution in [0.2, 0.25) is 0 Å². The molecule has 76 valence electrons. The van der Waals surface area contributed by atoms with E-state index in [1.807, 2.05) is 19.1 Å². The monoisotopic (exact) mass is 210 g/mol. The fourth-order valence-electron chi connectivity index (χ4n) is 1.83. The van der Waals surface area contributed by atoms with Crippen LogP contribution in [0.15, 0.2) is 23.1 Å². The minimum atomic E-state index is -0.260. The molecule has 0 fully saturated rings. The van der Waals surface area contributed by atoms with E-state index in [0.717, 1.165) is 23.3 Å². The molecule has 0 saturated heterocycles. The summed E-state index contributed by atoms with van der Waals surface area (Å²) in [6.45, 7) is 1.81. The molecule has 2 unspecified atom stereocenters. The first kappa shape index (κ1) is 9.87. The molecule has 0 spiro atoms. The molecule has 14 heavy (non-hydrogen) atoms. The van der Waals surface area contributed by atoms with Gasteiger partial charge in [-0.3, -0.25) is 0 Å². The number of aliphatic hydroxyl groups excluding tert-OH is 1. The van der Waals surface area contributed by atoms with Crippen molar-refractivity contribution in [3.05, 3.63) is 23.8 Å². The Balaban J connectivity index is 2.14. The molecule has 1 aliphatic rings. The zero-order valence-corrected chi connectivity index (χ0v) is 8.92. The van der Waals surface area contributed by atoms with Crippen molar-refractivity contribution in [1.82, 2.24) is 0 Å². The molecule has 1 aromatic carbocycles. The van der Waals surface area contributed by atoms with E-state index in [0.29, 0.717) is 11.0 Å². The summed E-state index contributed by atoms with van der Waals surface area (Å²) in [7, 11) is 0. The molecule has 3 heteroatoms. The van der Waals surface area contributed by atoms with Crippen molar-refractivity contribution in [3.63, 3.8) is 0 Å². The molecule has 0 radical (unpaired) electrons. The highest BCUT2D eigenvalue weighted by Gasteiger charge is 2.25. The summed E-state index contributed by atoms with van der Waals surface area (Å²) < 4.78 is 0. The summed E-state index contributed by atoms with van der Waals surface area (Å²) in [5.41, 5.74) is 1.04. The van der Waals surface area contributed by atoms with Gasteiger partial charge in [-0.25, -0.2) is 0 Å². The number of aromatic hydroxyl groups is 1. The number of fused-ring (bicyclic) bond motifs is 1. The zero-order chi connectivity index (χ0) is 10.1. The van der Waals surface area contributed by atoms with E-state index in [9.17, 15) is 10.2 Å². The van der Waals surface area contributed by atoms with Crippen LogP contribution in [0.1, 0.15) is 18.9 Å². The maximum atomic E-state index is 9.61. The Kier molecular flexibility index (Phi) is 2.70. The van der Waals surface area contributed by atoms with Gasteiger partial charge in [-0.05, 0) is 31.9 Å². The molecule has 2 N–H and O–H groups in total. The number of phenolic OH excluding ortho intramolecular Hbond substituents is 1. The third-order valence-electron chi connectivity index (χ3n) is 2.44. The van der Waals surface area contributed by atoms with Gasteiger partial charge in [-0.1, -0.05) is 6.07 Å². The molecule has 0 bridgehead atoms. The third-order valence-corrected chi connectivity index (χ3v) is 3.77. The Morgan fingerprint density at radius 3 is 3.00 bits per heavy atom. The van der Waals surface area contributed by atoms with E-state index >= 15 is 0 Å². The molecule has 0 saturated carbocycles. The molecule has 0 amide bonds. The topological polar surface area (TPSA) is 40.5 Å². The number of aliphatic hydroxyl groups is 1. The first-order valence-electron chi connectivity index (χ1n) is 4.82. The van der Waals surface area contributed by atoms with Crippen LogP contribution >= 0.6 is 11.8 Å². The molecule has 0 aliphatic carbocycles. The second-order valence-electron chi connectivity index (χ2n) is 3.78. The SMILES string of the molecule is CC(O)CC1Cc2c(O)cccc2S1.